The number of nitrogens with one attached hydrogen (secondary N) is 1. The van der Waals surface area contributed by atoms with Crippen LogP contribution >= 0.6 is 0 Å². The van der Waals surface area contributed by atoms with E-state index < -0.39 is 184 Å². The Labute approximate surface area is 515 Å². The average molecular weight is 1240 g/mol. The van der Waals surface area contributed by atoms with Crippen LogP contribution in [0.3, 0.4) is 0 Å². The molecule has 5 heterocycles. The van der Waals surface area contributed by atoms with Crippen LogP contribution in [0.1, 0.15) is 84.6 Å². The second-order valence-corrected chi connectivity index (χ2v) is 24.3. The summed E-state index contributed by atoms with van der Waals surface area (Å²) in [7, 11) is 0. The lowest BCUT2D eigenvalue weighted by atomic mass is 9.81. The number of hydrogen-bond acceptors (Lipinski definition) is 23. The highest BCUT2D eigenvalue weighted by molar-refractivity contribution is 5.80. The molecule has 6 rings (SSSR count). The molecule has 1 amide bonds. The van der Waals surface area contributed by atoms with Crippen molar-refractivity contribution >= 4 is 11.9 Å². The highest BCUT2D eigenvalue weighted by Crippen LogP contribution is 2.39. The molecular weight excluding hydrogens is 1150 g/mol. The normalized spacial score (nSPS) is 40.7. The zero-order valence-electron chi connectivity index (χ0n) is 50.7. The summed E-state index contributed by atoms with van der Waals surface area (Å²) in [6.45, 7) is 7.72. The predicted octanol–water partition coefficient (Wildman–Crippen LogP) is -0.596. The van der Waals surface area contributed by atoms with Crippen LogP contribution in [0.25, 0.3) is 0 Å². The lowest BCUT2D eigenvalue weighted by molar-refractivity contribution is -0.323. The zero-order valence-corrected chi connectivity index (χ0v) is 50.7. The largest absolute Gasteiger partial charge is 0.462 e. The number of fused-ring (bicyclic) bond motifs is 2. The van der Waals surface area contributed by atoms with Gasteiger partial charge >= 0.3 is 5.97 Å². The van der Waals surface area contributed by atoms with Gasteiger partial charge in [0.25, 0.3) is 0 Å². The Hall–Kier alpha value is -4.46. The fourth-order valence-electron chi connectivity index (χ4n) is 11.7. The number of carbonyl (C=O) groups is 2. The molecule has 0 radical (unpaired) electrons. The van der Waals surface area contributed by atoms with Crippen molar-refractivity contribution in [1.29, 1.82) is 0 Å². The Bertz CT molecular complexity index is 2490. The minimum atomic E-state index is -2.47. The first kappa shape index (κ1) is 72.6. The predicted molar refractivity (Wildman–Crippen MR) is 320 cm³/mol. The summed E-state index contributed by atoms with van der Waals surface area (Å²) >= 11 is 0. The van der Waals surface area contributed by atoms with Crippen molar-refractivity contribution in [2.45, 2.75) is 207 Å². The summed E-state index contributed by atoms with van der Waals surface area (Å²) in [4.78, 5) is 31.5. The number of carbonyl (C=O) groups excluding carboxylic acids is 2. The van der Waals surface area contributed by atoms with E-state index in [-0.39, 0.29) is 44.7 Å². The van der Waals surface area contributed by atoms with E-state index in [1.165, 1.54) is 6.92 Å². The molecular formula is C64H97N3O21. The fraction of sp³-hybridized carbons (Fsp3) is 0.656. The number of rotatable bonds is 8. The quantitative estimate of drug-likeness (QED) is 0.145. The van der Waals surface area contributed by atoms with Gasteiger partial charge in [0.15, 0.2) is 12.1 Å². The molecule has 24 nitrogen and oxygen atoms in total. The van der Waals surface area contributed by atoms with Crippen LogP contribution < -0.4 is 5.32 Å². The number of hydrogen-bond donors (Lipinski definition) is 15. The van der Waals surface area contributed by atoms with Crippen LogP contribution in [0.2, 0.25) is 0 Å². The Morgan fingerprint density at radius 2 is 1.25 bits per heavy atom. The van der Waals surface area contributed by atoms with Crippen LogP contribution in [-0.2, 0) is 39.8 Å². The van der Waals surface area contributed by atoms with Gasteiger partial charge in [-0.25, -0.2) is 0 Å². The molecule has 0 aromatic heterocycles. The number of piperazine rings is 1. The smallest absolute Gasteiger partial charge is 0.308 e. The van der Waals surface area contributed by atoms with E-state index in [0.29, 0.717) is 19.6 Å². The van der Waals surface area contributed by atoms with Gasteiger partial charge in [0, 0.05) is 70.2 Å². The van der Waals surface area contributed by atoms with E-state index in [4.69, 9.17) is 23.7 Å². The van der Waals surface area contributed by atoms with Crippen molar-refractivity contribution in [3.8, 4) is 0 Å². The van der Waals surface area contributed by atoms with Crippen LogP contribution in [0, 0.1) is 17.8 Å². The number of nitrogens with zero attached hydrogens (tertiary/aromatic N) is 2. The first-order valence-electron chi connectivity index (χ1n) is 30.7. The Balaban J connectivity index is 1.27. The van der Waals surface area contributed by atoms with Gasteiger partial charge in [-0.15, -0.1) is 0 Å². The topological polar surface area (TPSA) is 382 Å². The maximum absolute atomic E-state index is 14.9. The lowest BCUT2D eigenvalue weighted by Gasteiger charge is -2.48. The lowest BCUT2D eigenvalue weighted by Crippen LogP contribution is -2.69. The molecule has 0 saturated carbocycles. The SMILES string of the molecule is CC1[C@H](C)OC(=O)C[C@H](O)C[C@H](O)CC[C@@H](O)[C@H](O)C[C@H](O)C[C@]2(O)C[C@H](O)C(C(=O)N3CCN(Cc4ccccc4)CC3)C(C[C@@H](O[C@@H]3O[C@H](C)[C@@H](O)[C@H](NC[C@@]4(O)OC[C@@H](O)[C@H](O)[C@@H]4O)[C@@H]3O)C=CC=CC=CC=CC=CC=CC=C[C@H](C)[C@H]1O)O2. The van der Waals surface area contributed by atoms with Gasteiger partial charge < -0.3 is 105 Å². The summed E-state index contributed by atoms with van der Waals surface area (Å²) in [6, 6.07) is 8.49. The number of aliphatic hydroxyl groups excluding tert-OH is 12. The number of benzene rings is 1. The standard InChI is InChI=1S/C64H97N3O21/c1-39-20-16-13-11-9-7-5-6-8-10-12-14-19-23-47(87-62-59(79)55(57(77)42(4)86-62)65-38-64(83)60(80)58(78)51(74)37-84-64)33-52-54(61(81)67-28-26-66(27-29-67)36-43-21-17-15-18-22-43)50(73)35-63(82,88-52)34-46(70)31-49(72)48(71)25-24-44(68)30-45(69)32-53(75)85-41(3)40(2)56(39)76/h5-23,39-42,44-52,54-60,62,65,68-74,76-80,82-83H,24-38H2,1-4H3/t39-,40?,41-,42+,44+,45+,46-,47-,48+,49+,50-,51+,52?,54?,55-,56+,57+,58-,59-,60-,62-,63+,64+/m0/s1. The second-order valence-electron chi connectivity index (χ2n) is 24.3. The highest BCUT2D eigenvalue weighted by atomic mass is 16.7. The van der Waals surface area contributed by atoms with E-state index in [1.807, 2.05) is 43.3 Å². The maximum atomic E-state index is 14.9. The average Bonchev–Trinajstić information content (AvgIpc) is 1.12. The van der Waals surface area contributed by atoms with Gasteiger partial charge in [-0.05, 0) is 38.7 Å². The van der Waals surface area contributed by atoms with Crippen molar-refractivity contribution in [1.82, 2.24) is 15.1 Å². The Morgan fingerprint density at radius 1 is 0.636 bits per heavy atom. The molecule has 23 atom stereocenters. The minimum Gasteiger partial charge on any atom is -0.462 e. The number of cyclic esters (lactones) is 1. The van der Waals surface area contributed by atoms with Crippen molar-refractivity contribution in [2.24, 2.45) is 17.8 Å². The molecule has 4 fully saturated rings. The van der Waals surface area contributed by atoms with Crippen molar-refractivity contribution in [3.63, 3.8) is 0 Å². The monoisotopic (exact) mass is 1240 g/mol. The van der Waals surface area contributed by atoms with E-state index in [1.54, 1.807) is 97.7 Å². The molecule has 15 N–H and O–H groups in total. The molecule has 2 bridgehead atoms. The van der Waals surface area contributed by atoms with E-state index in [0.717, 1.165) is 5.56 Å². The van der Waals surface area contributed by atoms with E-state index in [2.05, 4.69) is 10.2 Å². The number of ether oxygens (including phenoxy) is 5. The van der Waals surface area contributed by atoms with Gasteiger partial charge in [0.05, 0.1) is 98.7 Å². The summed E-state index contributed by atoms with van der Waals surface area (Å²) in [5, 5.41) is 158. The zero-order chi connectivity index (χ0) is 64.3. The Morgan fingerprint density at radius 3 is 1.89 bits per heavy atom. The molecule has 5 aliphatic rings. The van der Waals surface area contributed by atoms with Crippen LogP contribution in [0.5, 0.6) is 0 Å². The van der Waals surface area contributed by atoms with Crippen molar-refractivity contribution < 1.29 is 105 Å². The minimum absolute atomic E-state index is 0.130. The number of esters is 1. The molecule has 5 aliphatic heterocycles. The highest BCUT2D eigenvalue weighted by Gasteiger charge is 2.53. The van der Waals surface area contributed by atoms with Gasteiger partial charge in [-0.3, -0.25) is 14.5 Å². The number of aliphatic hydroxyl groups is 14. The first-order chi connectivity index (χ1) is 41.8. The summed E-state index contributed by atoms with van der Waals surface area (Å²) in [5.41, 5.74) is 1.09. The third-order valence-corrected chi connectivity index (χ3v) is 17.2. The molecule has 4 saturated heterocycles. The molecule has 1 aromatic carbocycles. The molecule has 0 aliphatic carbocycles. The molecule has 0 spiro atoms. The van der Waals surface area contributed by atoms with Gasteiger partial charge in [-0.2, -0.15) is 0 Å². The molecule has 88 heavy (non-hydrogen) atoms. The number of allylic oxidation sites excluding steroid dienone is 12. The fourth-order valence-corrected chi connectivity index (χ4v) is 11.7. The Kier molecular flexibility index (Phi) is 28.7. The summed E-state index contributed by atoms with van der Waals surface area (Å²) in [6.07, 6.45) is -2.85. The number of amides is 1. The van der Waals surface area contributed by atoms with Crippen LogP contribution in [0.15, 0.2) is 115 Å². The van der Waals surface area contributed by atoms with Gasteiger partial charge in [0.1, 0.15) is 30.5 Å². The van der Waals surface area contributed by atoms with E-state index in [9.17, 15) is 81.1 Å². The molecule has 24 heteroatoms. The summed E-state index contributed by atoms with van der Waals surface area (Å²) < 4.78 is 29.8. The van der Waals surface area contributed by atoms with Crippen molar-refractivity contribution in [3.05, 3.63) is 121 Å². The maximum Gasteiger partial charge on any atom is 0.308 e. The molecule has 1 aromatic rings. The van der Waals surface area contributed by atoms with Gasteiger partial charge in [0.2, 0.25) is 11.7 Å². The van der Waals surface area contributed by atoms with Crippen LogP contribution in [0.4, 0.5) is 0 Å². The third-order valence-electron chi connectivity index (χ3n) is 17.2. The third kappa shape index (κ3) is 21.6. The first-order valence-corrected chi connectivity index (χ1v) is 30.7. The van der Waals surface area contributed by atoms with Crippen LogP contribution in [-0.4, -0.2) is 254 Å². The van der Waals surface area contributed by atoms with Gasteiger partial charge in [-0.1, -0.05) is 129 Å². The van der Waals surface area contributed by atoms with Crippen molar-refractivity contribution in [2.75, 3.05) is 39.3 Å². The van der Waals surface area contributed by atoms with E-state index >= 15 is 0 Å². The molecule has 494 valence electrons. The second kappa shape index (κ2) is 34.8. The summed E-state index contributed by atoms with van der Waals surface area (Å²) in [5.74, 6) is -8.20. The molecule has 3 unspecified atom stereocenters.